The molecule has 0 aromatic heterocycles. The Balaban J connectivity index is 0.00000162. The molecule has 1 fully saturated rings. The normalized spacial score (nSPS) is 15.1. The first kappa shape index (κ1) is 15.2. The van der Waals surface area contributed by atoms with E-state index in [1.807, 2.05) is 0 Å². The monoisotopic (exact) mass is 323 g/mol. The molecule has 1 aliphatic carbocycles. The topological polar surface area (TPSA) is 29.1 Å². The molecule has 6 heteroatoms. The number of nitrogens with one attached hydrogen (secondary N) is 1. The first-order chi connectivity index (χ1) is 7.97. The predicted molar refractivity (Wildman–Crippen MR) is 67.1 cm³/mol. The summed E-state index contributed by atoms with van der Waals surface area (Å²) in [4.78, 5) is 11.6. The molecule has 0 unspecified atom stereocenters. The number of carbonyl (C=O) groups is 1. The van der Waals surface area contributed by atoms with Gasteiger partial charge in [0, 0.05) is 11.6 Å². The van der Waals surface area contributed by atoms with Gasteiger partial charge in [0.2, 0.25) is 0 Å². The zero-order chi connectivity index (χ0) is 12.5. The van der Waals surface area contributed by atoms with Crippen molar-refractivity contribution in [1.82, 2.24) is 5.32 Å². The minimum Gasteiger partial charge on any atom is -0.307 e. The van der Waals surface area contributed by atoms with Crippen molar-refractivity contribution in [2.24, 2.45) is 0 Å². The van der Waals surface area contributed by atoms with E-state index in [2.05, 4.69) is 5.32 Å². The lowest BCUT2D eigenvalue weighted by Crippen LogP contribution is -2.25. The lowest BCUT2D eigenvalue weighted by atomic mass is 10.1. The SMILES string of the molecule is Br.O=C(CNC1CC1)c1cccc(C(F)(F)F)c1. The second kappa shape index (κ2) is 5.84. The molecule has 0 spiro atoms. The highest BCUT2D eigenvalue weighted by atomic mass is 79.9. The molecule has 0 radical (unpaired) electrons. The van der Waals surface area contributed by atoms with E-state index in [0.29, 0.717) is 6.04 Å². The number of alkyl halides is 3. The first-order valence-corrected chi connectivity index (χ1v) is 5.40. The number of rotatable bonds is 4. The fourth-order valence-electron chi connectivity index (χ4n) is 1.50. The van der Waals surface area contributed by atoms with Crippen LogP contribution in [0.25, 0.3) is 0 Å². The van der Waals surface area contributed by atoms with Crippen molar-refractivity contribution in [3.05, 3.63) is 35.4 Å². The van der Waals surface area contributed by atoms with Crippen molar-refractivity contribution in [1.29, 1.82) is 0 Å². The first-order valence-electron chi connectivity index (χ1n) is 5.40. The van der Waals surface area contributed by atoms with Crippen LogP contribution in [0.1, 0.15) is 28.8 Å². The van der Waals surface area contributed by atoms with Gasteiger partial charge < -0.3 is 5.32 Å². The fourth-order valence-corrected chi connectivity index (χ4v) is 1.50. The molecule has 0 amide bonds. The van der Waals surface area contributed by atoms with Crippen molar-refractivity contribution in [3.8, 4) is 0 Å². The predicted octanol–water partition coefficient (Wildman–Crippen LogP) is 3.22. The molecule has 1 aromatic rings. The number of Topliss-reactive ketones (excluding diaryl/α,β-unsaturated/α-hetero) is 1. The van der Waals surface area contributed by atoms with Crippen LogP contribution in [0.2, 0.25) is 0 Å². The van der Waals surface area contributed by atoms with Gasteiger partial charge in [-0.05, 0) is 25.0 Å². The van der Waals surface area contributed by atoms with E-state index in [0.717, 1.165) is 25.0 Å². The number of ketones is 1. The number of hydrogen-bond acceptors (Lipinski definition) is 2. The van der Waals surface area contributed by atoms with Crippen molar-refractivity contribution in [2.45, 2.75) is 25.1 Å². The lowest BCUT2D eigenvalue weighted by Gasteiger charge is -2.08. The van der Waals surface area contributed by atoms with Crippen LogP contribution in [0.5, 0.6) is 0 Å². The van der Waals surface area contributed by atoms with Crippen LogP contribution in [0, 0.1) is 0 Å². The zero-order valence-corrected chi connectivity index (χ0v) is 11.2. The molecule has 0 aliphatic heterocycles. The lowest BCUT2D eigenvalue weighted by molar-refractivity contribution is -0.137. The molecule has 0 bridgehead atoms. The fraction of sp³-hybridized carbons (Fsp3) is 0.417. The van der Waals surface area contributed by atoms with Crippen LogP contribution in [-0.2, 0) is 6.18 Å². The summed E-state index contributed by atoms with van der Waals surface area (Å²) < 4.78 is 37.3. The van der Waals surface area contributed by atoms with Gasteiger partial charge in [0.15, 0.2) is 5.78 Å². The Bertz CT molecular complexity index is 430. The Labute approximate surface area is 113 Å². The van der Waals surface area contributed by atoms with Crippen molar-refractivity contribution < 1.29 is 18.0 Å². The third kappa shape index (κ3) is 4.10. The van der Waals surface area contributed by atoms with Gasteiger partial charge in [0.1, 0.15) is 0 Å². The van der Waals surface area contributed by atoms with Gasteiger partial charge >= 0.3 is 6.18 Å². The third-order valence-corrected chi connectivity index (χ3v) is 2.64. The number of benzene rings is 1. The molecule has 0 heterocycles. The molecule has 1 N–H and O–H groups in total. The molecule has 1 aromatic carbocycles. The van der Waals surface area contributed by atoms with Gasteiger partial charge in [-0.3, -0.25) is 4.79 Å². The summed E-state index contributed by atoms with van der Waals surface area (Å²) in [6.45, 7) is 0.103. The van der Waals surface area contributed by atoms with Crippen LogP contribution in [0.4, 0.5) is 13.2 Å². The quantitative estimate of drug-likeness (QED) is 0.862. The summed E-state index contributed by atoms with van der Waals surface area (Å²) >= 11 is 0. The maximum absolute atomic E-state index is 12.4. The summed E-state index contributed by atoms with van der Waals surface area (Å²) in [5.41, 5.74) is -0.678. The second-order valence-corrected chi connectivity index (χ2v) is 4.16. The maximum Gasteiger partial charge on any atom is 0.416 e. The molecule has 2 rings (SSSR count). The highest BCUT2D eigenvalue weighted by molar-refractivity contribution is 8.93. The highest BCUT2D eigenvalue weighted by Gasteiger charge is 2.31. The molecular formula is C12H13BrF3NO. The Morgan fingerprint density at radius 3 is 2.56 bits per heavy atom. The molecule has 18 heavy (non-hydrogen) atoms. The summed E-state index contributed by atoms with van der Waals surface area (Å²) in [5.74, 6) is -0.303. The number of halogens is 4. The smallest absolute Gasteiger partial charge is 0.307 e. The van der Waals surface area contributed by atoms with Gasteiger partial charge in [-0.15, -0.1) is 17.0 Å². The van der Waals surface area contributed by atoms with Crippen LogP contribution in [0.15, 0.2) is 24.3 Å². The maximum atomic E-state index is 12.4. The highest BCUT2D eigenvalue weighted by Crippen LogP contribution is 2.29. The molecule has 1 aliphatic rings. The number of hydrogen-bond donors (Lipinski definition) is 1. The van der Waals surface area contributed by atoms with Crippen LogP contribution in [0.3, 0.4) is 0 Å². The standard InChI is InChI=1S/C12H12F3NO.BrH/c13-12(14,15)9-3-1-2-8(6-9)11(17)7-16-10-4-5-10;/h1-3,6,10,16H,4-5,7H2;1H. The average Bonchev–Trinajstić information content (AvgIpc) is 3.09. The van der Waals surface area contributed by atoms with Gasteiger partial charge in [-0.1, -0.05) is 12.1 Å². The Hall–Kier alpha value is -0.880. The summed E-state index contributed by atoms with van der Waals surface area (Å²) in [6, 6.07) is 4.89. The molecule has 100 valence electrons. The summed E-state index contributed by atoms with van der Waals surface area (Å²) in [5, 5.41) is 2.98. The summed E-state index contributed by atoms with van der Waals surface area (Å²) in [7, 11) is 0. The van der Waals surface area contributed by atoms with Crippen molar-refractivity contribution >= 4 is 22.8 Å². The molecule has 0 atom stereocenters. The van der Waals surface area contributed by atoms with E-state index < -0.39 is 11.7 Å². The Morgan fingerprint density at radius 1 is 1.33 bits per heavy atom. The van der Waals surface area contributed by atoms with Gasteiger partial charge in [0.25, 0.3) is 0 Å². The van der Waals surface area contributed by atoms with Gasteiger partial charge in [0.05, 0.1) is 12.1 Å². The van der Waals surface area contributed by atoms with Gasteiger partial charge in [-0.25, -0.2) is 0 Å². The third-order valence-electron chi connectivity index (χ3n) is 2.64. The van der Waals surface area contributed by atoms with Crippen molar-refractivity contribution in [3.63, 3.8) is 0 Å². The Morgan fingerprint density at radius 2 is 2.00 bits per heavy atom. The summed E-state index contributed by atoms with van der Waals surface area (Å²) in [6.07, 6.45) is -2.33. The van der Waals surface area contributed by atoms with Crippen LogP contribution in [-0.4, -0.2) is 18.4 Å². The van der Waals surface area contributed by atoms with E-state index in [9.17, 15) is 18.0 Å². The van der Waals surface area contributed by atoms with E-state index in [1.165, 1.54) is 12.1 Å². The second-order valence-electron chi connectivity index (χ2n) is 4.16. The molecular weight excluding hydrogens is 311 g/mol. The minimum atomic E-state index is -4.40. The molecule has 2 nitrogen and oxygen atoms in total. The molecule has 1 saturated carbocycles. The van der Waals surface area contributed by atoms with E-state index in [4.69, 9.17) is 0 Å². The van der Waals surface area contributed by atoms with E-state index in [-0.39, 0.29) is 34.9 Å². The van der Waals surface area contributed by atoms with Gasteiger partial charge in [-0.2, -0.15) is 13.2 Å². The largest absolute Gasteiger partial charge is 0.416 e. The Kier molecular flexibility index (Phi) is 4.92. The zero-order valence-electron chi connectivity index (χ0n) is 9.46. The van der Waals surface area contributed by atoms with E-state index >= 15 is 0 Å². The number of carbonyl (C=O) groups excluding carboxylic acids is 1. The molecule has 0 saturated heterocycles. The minimum absolute atomic E-state index is 0. The van der Waals surface area contributed by atoms with Crippen LogP contribution < -0.4 is 5.32 Å². The average molecular weight is 324 g/mol. The van der Waals surface area contributed by atoms with Crippen LogP contribution >= 0.6 is 17.0 Å². The van der Waals surface area contributed by atoms with Crippen molar-refractivity contribution in [2.75, 3.05) is 6.54 Å². The van der Waals surface area contributed by atoms with E-state index in [1.54, 1.807) is 0 Å².